The quantitative estimate of drug-likeness (QED) is 0.614. The summed E-state index contributed by atoms with van der Waals surface area (Å²) in [5.74, 6) is 0.575. The van der Waals surface area contributed by atoms with E-state index in [1.54, 1.807) is 18.2 Å². The molecule has 126 valence electrons. The monoisotopic (exact) mass is 328 g/mol. The van der Waals surface area contributed by atoms with Gasteiger partial charge < -0.3 is 21.2 Å². The van der Waals surface area contributed by atoms with Gasteiger partial charge in [0, 0.05) is 30.8 Å². The summed E-state index contributed by atoms with van der Waals surface area (Å²) in [5.41, 5.74) is 6.01. The molecule has 1 fully saturated rings. The van der Waals surface area contributed by atoms with Crippen LogP contribution in [-0.4, -0.2) is 40.0 Å². The van der Waals surface area contributed by atoms with E-state index in [9.17, 15) is 10.0 Å². The first-order chi connectivity index (χ1) is 11.5. The van der Waals surface area contributed by atoms with Crippen molar-refractivity contribution in [3.05, 3.63) is 47.6 Å². The fraction of sp³-hybridized carbons (Fsp3) is 0.312. The van der Waals surface area contributed by atoms with Crippen LogP contribution in [-0.2, 0) is 0 Å². The molecule has 0 spiro atoms. The maximum Gasteiger partial charge on any atom is 0.259 e. The molecule has 0 aliphatic carbocycles. The van der Waals surface area contributed by atoms with Crippen LogP contribution < -0.4 is 21.6 Å². The summed E-state index contributed by atoms with van der Waals surface area (Å²) >= 11 is 0. The summed E-state index contributed by atoms with van der Waals surface area (Å²) in [6, 6.07) is 10.8. The number of benzene rings is 1. The number of hydrogen-bond acceptors (Lipinski definition) is 6. The van der Waals surface area contributed by atoms with Gasteiger partial charge in [-0.25, -0.2) is 0 Å². The van der Waals surface area contributed by atoms with Crippen molar-refractivity contribution in [3.8, 4) is 0 Å². The van der Waals surface area contributed by atoms with E-state index in [4.69, 9.17) is 11.1 Å². The number of nitrogens with two attached hydrogens (primary N) is 1. The number of carbonyl (C=O) groups excluding carboxylic acids is 1. The zero-order valence-electron chi connectivity index (χ0n) is 13.1. The number of nitrogens with zero attached hydrogens (tertiary/aromatic N) is 3. The van der Waals surface area contributed by atoms with Crippen LogP contribution in [0.4, 0.5) is 11.6 Å². The van der Waals surface area contributed by atoms with Gasteiger partial charge in [0.2, 0.25) is 0 Å². The molecule has 1 aromatic heterocycles. The van der Waals surface area contributed by atoms with Gasteiger partial charge in [0.15, 0.2) is 0 Å². The van der Waals surface area contributed by atoms with Crippen molar-refractivity contribution in [2.75, 3.05) is 23.7 Å². The van der Waals surface area contributed by atoms with Crippen LogP contribution >= 0.6 is 0 Å². The van der Waals surface area contributed by atoms with Gasteiger partial charge in [-0.1, -0.05) is 18.2 Å². The summed E-state index contributed by atoms with van der Waals surface area (Å²) in [6.07, 6.45) is 1.56. The van der Waals surface area contributed by atoms with Crippen molar-refractivity contribution in [1.29, 1.82) is 5.41 Å². The van der Waals surface area contributed by atoms with Gasteiger partial charge in [0.1, 0.15) is 11.6 Å². The molecule has 3 rings (SSSR count). The van der Waals surface area contributed by atoms with Gasteiger partial charge in [-0.3, -0.25) is 10.2 Å². The topological polar surface area (TPSA) is 120 Å². The van der Waals surface area contributed by atoms with E-state index in [0.717, 1.165) is 12.8 Å². The molecule has 1 aliphatic heterocycles. The van der Waals surface area contributed by atoms with Crippen LogP contribution in [0.2, 0.25) is 0 Å². The average Bonchev–Trinajstić information content (AvgIpc) is 2.60. The third-order valence-electron chi connectivity index (χ3n) is 4.13. The molecule has 0 radical (unpaired) electrons. The molecule has 1 aliphatic rings. The first-order valence-corrected chi connectivity index (χ1v) is 7.79. The molecule has 0 bridgehead atoms. The lowest BCUT2D eigenvalue weighted by Crippen LogP contribution is -2.45. The number of rotatable bonds is 3. The highest BCUT2D eigenvalue weighted by Gasteiger charge is 2.22. The highest BCUT2D eigenvalue weighted by molar-refractivity contribution is 5.94. The van der Waals surface area contributed by atoms with E-state index in [-0.39, 0.29) is 23.4 Å². The van der Waals surface area contributed by atoms with Crippen molar-refractivity contribution < 1.29 is 10.0 Å². The summed E-state index contributed by atoms with van der Waals surface area (Å²) in [5, 5.41) is 20.1. The fourth-order valence-electron chi connectivity index (χ4n) is 2.78. The summed E-state index contributed by atoms with van der Waals surface area (Å²) in [7, 11) is 0. The Kier molecular flexibility index (Phi) is 4.37. The van der Waals surface area contributed by atoms with Gasteiger partial charge in [0.05, 0.1) is 0 Å². The van der Waals surface area contributed by atoms with Gasteiger partial charge in [0.25, 0.3) is 11.5 Å². The average molecular weight is 328 g/mol. The van der Waals surface area contributed by atoms with Crippen LogP contribution in [0.1, 0.15) is 23.2 Å². The smallest absolute Gasteiger partial charge is 0.259 e. The van der Waals surface area contributed by atoms with Crippen LogP contribution in [0.5, 0.6) is 0 Å². The Labute approximate surface area is 139 Å². The molecular weight excluding hydrogens is 308 g/mol. The van der Waals surface area contributed by atoms with E-state index in [2.05, 4.69) is 10.3 Å². The van der Waals surface area contributed by atoms with Crippen molar-refractivity contribution in [2.24, 2.45) is 0 Å². The number of aromatic nitrogens is 2. The zero-order chi connectivity index (χ0) is 17.1. The molecule has 2 aromatic rings. The Morgan fingerprint density at radius 3 is 2.58 bits per heavy atom. The lowest BCUT2D eigenvalue weighted by Gasteiger charge is -2.33. The zero-order valence-corrected chi connectivity index (χ0v) is 13.1. The number of piperidine rings is 1. The number of hydrogen-bond donors (Lipinski definition) is 4. The lowest BCUT2D eigenvalue weighted by molar-refractivity contribution is 0.0931. The molecule has 0 saturated carbocycles. The highest BCUT2D eigenvalue weighted by atomic mass is 16.5. The van der Waals surface area contributed by atoms with Crippen molar-refractivity contribution in [3.63, 3.8) is 0 Å². The van der Waals surface area contributed by atoms with Crippen molar-refractivity contribution in [1.82, 2.24) is 15.0 Å². The molecule has 24 heavy (non-hydrogen) atoms. The highest BCUT2D eigenvalue weighted by Crippen LogP contribution is 2.18. The van der Waals surface area contributed by atoms with E-state index in [0.29, 0.717) is 29.2 Å². The Morgan fingerprint density at radius 2 is 1.96 bits per heavy atom. The number of amides is 1. The molecule has 8 nitrogen and oxygen atoms in total. The van der Waals surface area contributed by atoms with E-state index >= 15 is 0 Å². The molecule has 8 heteroatoms. The SMILES string of the molecule is N=c1nc(N2CCC(NC(=O)c3ccccc3)CC2)cc(N)n1O. The van der Waals surface area contributed by atoms with Crippen LogP contribution in [0.25, 0.3) is 0 Å². The van der Waals surface area contributed by atoms with Crippen molar-refractivity contribution >= 4 is 17.5 Å². The molecule has 1 saturated heterocycles. The lowest BCUT2D eigenvalue weighted by atomic mass is 10.0. The van der Waals surface area contributed by atoms with Gasteiger partial charge >= 0.3 is 0 Å². The number of carbonyl (C=O) groups is 1. The summed E-state index contributed by atoms with van der Waals surface area (Å²) in [4.78, 5) is 18.2. The second-order valence-electron chi connectivity index (χ2n) is 5.78. The minimum absolute atomic E-state index is 0.0640. The second-order valence-corrected chi connectivity index (χ2v) is 5.78. The normalized spacial score (nSPS) is 15.2. The standard InChI is InChI=1S/C16H20N6O2/c17-13-10-14(20-16(18)22(13)24)21-8-6-12(7-9-21)19-15(23)11-4-2-1-3-5-11/h1-5,10,12,18,24H,6-9,17H2,(H,19,23). The first kappa shape index (κ1) is 15.9. The molecule has 0 unspecified atom stereocenters. The minimum atomic E-state index is -0.301. The number of nitrogen functional groups attached to an aromatic ring is 1. The molecule has 2 heterocycles. The minimum Gasteiger partial charge on any atom is -0.423 e. The van der Waals surface area contributed by atoms with Gasteiger partial charge in [-0.2, -0.15) is 4.98 Å². The number of anilines is 2. The Bertz CT molecular complexity index is 781. The predicted octanol–water partition coefficient (Wildman–Crippen LogP) is 0.581. The summed E-state index contributed by atoms with van der Waals surface area (Å²) in [6.45, 7) is 1.39. The molecule has 5 N–H and O–H groups in total. The predicted molar refractivity (Wildman–Crippen MR) is 88.8 cm³/mol. The van der Waals surface area contributed by atoms with E-state index in [1.165, 1.54) is 0 Å². The molecule has 1 amide bonds. The Morgan fingerprint density at radius 1 is 1.29 bits per heavy atom. The van der Waals surface area contributed by atoms with Gasteiger partial charge in [-0.15, -0.1) is 4.73 Å². The van der Waals surface area contributed by atoms with Crippen LogP contribution in [0.15, 0.2) is 36.4 Å². The molecular formula is C16H20N6O2. The third kappa shape index (κ3) is 3.32. The van der Waals surface area contributed by atoms with Crippen LogP contribution in [0, 0.1) is 5.41 Å². The van der Waals surface area contributed by atoms with E-state index in [1.807, 2.05) is 23.1 Å². The van der Waals surface area contributed by atoms with Crippen molar-refractivity contribution in [2.45, 2.75) is 18.9 Å². The maximum atomic E-state index is 12.2. The third-order valence-corrected chi connectivity index (χ3v) is 4.13. The summed E-state index contributed by atoms with van der Waals surface area (Å²) < 4.78 is 0.538. The second kappa shape index (κ2) is 6.61. The maximum absolute atomic E-state index is 12.2. The fourth-order valence-corrected chi connectivity index (χ4v) is 2.78. The Balaban J connectivity index is 1.60. The number of nitrogens with one attached hydrogen (secondary N) is 2. The Hall–Kier alpha value is -3.03. The largest absolute Gasteiger partial charge is 0.423 e. The molecule has 1 aromatic carbocycles. The van der Waals surface area contributed by atoms with E-state index < -0.39 is 0 Å². The first-order valence-electron chi connectivity index (χ1n) is 7.79. The van der Waals surface area contributed by atoms with Crippen LogP contribution in [0.3, 0.4) is 0 Å². The molecule has 0 atom stereocenters. The van der Waals surface area contributed by atoms with Gasteiger partial charge in [-0.05, 0) is 25.0 Å².